The Bertz CT molecular complexity index is 837. The first-order chi connectivity index (χ1) is 11.0. The minimum absolute atomic E-state index is 0.187. The SMILES string of the molecule is O=C1NC(=S)SC1=Cc1cc(Br)ccc1Oc1cccc(Br)c1. The fourth-order valence-electron chi connectivity index (χ4n) is 1.94. The van der Waals surface area contributed by atoms with Crippen LogP contribution in [0.1, 0.15) is 5.56 Å². The number of carbonyl (C=O) groups excluding carboxylic acids is 1. The molecule has 1 aliphatic heterocycles. The van der Waals surface area contributed by atoms with Crippen molar-refractivity contribution in [1.82, 2.24) is 5.32 Å². The number of thiocarbonyl (C=S) groups is 1. The van der Waals surface area contributed by atoms with Crippen LogP contribution in [0, 0.1) is 0 Å². The van der Waals surface area contributed by atoms with Crippen LogP contribution >= 0.6 is 55.8 Å². The fraction of sp³-hybridized carbons (Fsp3) is 0. The van der Waals surface area contributed by atoms with E-state index in [1.54, 1.807) is 6.08 Å². The molecule has 1 N–H and O–H groups in total. The van der Waals surface area contributed by atoms with Crippen molar-refractivity contribution >= 4 is 72.1 Å². The average molecular weight is 471 g/mol. The van der Waals surface area contributed by atoms with Crippen molar-refractivity contribution in [2.75, 3.05) is 0 Å². The lowest BCUT2D eigenvalue weighted by Gasteiger charge is -2.10. The smallest absolute Gasteiger partial charge is 0.263 e. The summed E-state index contributed by atoms with van der Waals surface area (Å²) in [5.74, 6) is 1.18. The second kappa shape index (κ2) is 7.17. The highest BCUT2D eigenvalue weighted by molar-refractivity contribution is 9.10. The van der Waals surface area contributed by atoms with E-state index in [-0.39, 0.29) is 5.91 Å². The number of carbonyl (C=O) groups is 1. The number of thioether (sulfide) groups is 1. The van der Waals surface area contributed by atoms with E-state index in [4.69, 9.17) is 17.0 Å². The van der Waals surface area contributed by atoms with E-state index in [0.717, 1.165) is 14.5 Å². The van der Waals surface area contributed by atoms with E-state index < -0.39 is 0 Å². The minimum atomic E-state index is -0.187. The normalized spacial score (nSPS) is 15.8. The molecule has 3 nitrogen and oxygen atoms in total. The summed E-state index contributed by atoms with van der Waals surface area (Å²) in [5, 5.41) is 2.61. The second-order valence-corrected chi connectivity index (χ2v) is 8.14. The molecule has 2 aromatic rings. The number of halogens is 2. The van der Waals surface area contributed by atoms with E-state index in [0.29, 0.717) is 20.7 Å². The largest absolute Gasteiger partial charge is 0.457 e. The Balaban J connectivity index is 1.97. The highest BCUT2D eigenvalue weighted by Gasteiger charge is 2.22. The first-order valence-corrected chi connectivity index (χ1v) is 9.30. The molecule has 1 saturated heterocycles. The van der Waals surface area contributed by atoms with Gasteiger partial charge >= 0.3 is 0 Å². The van der Waals surface area contributed by atoms with E-state index in [9.17, 15) is 4.79 Å². The van der Waals surface area contributed by atoms with Gasteiger partial charge in [0.05, 0.1) is 4.91 Å². The van der Waals surface area contributed by atoms with Gasteiger partial charge in [-0.25, -0.2) is 0 Å². The Morgan fingerprint density at radius 3 is 2.61 bits per heavy atom. The minimum Gasteiger partial charge on any atom is -0.457 e. The summed E-state index contributed by atoms with van der Waals surface area (Å²) in [7, 11) is 0. The Labute approximate surface area is 159 Å². The maximum absolute atomic E-state index is 11.8. The Morgan fingerprint density at radius 2 is 1.91 bits per heavy atom. The van der Waals surface area contributed by atoms with Gasteiger partial charge in [0.25, 0.3) is 5.91 Å². The maximum atomic E-state index is 11.8. The van der Waals surface area contributed by atoms with Crippen LogP contribution in [0.15, 0.2) is 56.3 Å². The highest BCUT2D eigenvalue weighted by Crippen LogP contribution is 2.33. The molecule has 23 heavy (non-hydrogen) atoms. The average Bonchev–Trinajstić information content (AvgIpc) is 2.80. The molecule has 0 bridgehead atoms. The van der Waals surface area contributed by atoms with E-state index in [1.807, 2.05) is 42.5 Å². The number of hydrogen-bond acceptors (Lipinski definition) is 4. The van der Waals surface area contributed by atoms with Crippen LogP contribution in [0.4, 0.5) is 0 Å². The predicted octanol–water partition coefficient (Wildman–Crippen LogP) is 5.49. The summed E-state index contributed by atoms with van der Waals surface area (Å²) in [6, 6.07) is 13.2. The summed E-state index contributed by atoms with van der Waals surface area (Å²) in [4.78, 5) is 12.4. The van der Waals surface area contributed by atoms with Crippen LogP contribution in [-0.2, 0) is 4.79 Å². The van der Waals surface area contributed by atoms with Gasteiger partial charge in [-0.2, -0.15) is 0 Å². The molecule has 7 heteroatoms. The summed E-state index contributed by atoms with van der Waals surface area (Å²) < 4.78 is 8.25. The Morgan fingerprint density at radius 1 is 1.13 bits per heavy atom. The molecule has 0 spiro atoms. The van der Waals surface area contributed by atoms with Crippen molar-refractivity contribution in [3.05, 3.63) is 61.9 Å². The highest BCUT2D eigenvalue weighted by atomic mass is 79.9. The monoisotopic (exact) mass is 469 g/mol. The molecule has 1 aliphatic rings. The predicted molar refractivity (Wildman–Crippen MR) is 105 cm³/mol. The number of rotatable bonds is 3. The number of hydrogen-bond donors (Lipinski definition) is 1. The topological polar surface area (TPSA) is 38.3 Å². The number of nitrogens with one attached hydrogen (secondary N) is 1. The molecule has 1 heterocycles. The zero-order valence-electron chi connectivity index (χ0n) is 11.5. The van der Waals surface area contributed by atoms with Gasteiger partial charge < -0.3 is 10.1 Å². The van der Waals surface area contributed by atoms with Crippen LogP contribution in [0.5, 0.6) is 11.5 Å². The Kier molecular flexibility index (Phi) is 5.21. The molecule has 0 atom stereocenters. The number of benzene rings is 2. The molecule has 2 aromatic carbocycles. The van der Waals surface area contributed by atoms with Gasteiger partial charge in [-0.05, 0) is 42.5 Å². The van der Waals surface area contributed by atoms with Crippen molar-refractivity contribution in [2.45, 2.75) is 0 Å². The summed E-state index contributed by atoms with van der Waals surface area (Å²) in [6.45, 7) is 0. The fourth-order valence-corrected chi connectivity index (χ4v) is 3.74. The van der Waals surface area contributed by atoms with E-state index >= 15 is 0 Å². The van der Waals surface area contributed by atoms with Crippen LogP contribution < -0.4 is 10.1 Å². The maximum Gasteiger partial charge on any atom is 0.263 e. The first kappa shape index (κ1) is 16.7. The van der Waals surface area contributed by atoms with Crippen LogP contribution in [0.3, 0.4) is 0 Å². The molecule has 1 fully saturated rings. The third-order valence-corrected chi connectivity index (χ3v) is 5.07. The van der Waals surface area contributed by atoms with Crippen molar-refractivity contribution in [2.24, 2.45) is 0 Å². The standard InChI is InChI=1S/C16H9Br2NO2S2/c17-10-2-1-3-12(8-10)21-13-5-4-11(18)6-9(13)7-14-15(20)19-16(22)23-14/h1-8H,(H,19,20,22). The lowest BCUT2D eigenvalue weighted by Crippen LogP contribution is -2.17. The van der Waals surface area contributed by atoms with Gasteiger partial charge in [-0.15, -0.1) is 0 Å². The van der Waals surface area contributed by atoms with Gasteiger partial charge in [0.2, 0.25) is 0 Å². The summed E-state index contributed by atoms with van der Waals surface area (Å²) in [5.41, 5.74) is 0.793. The Hall–Kier alpha value is -1.15. The molecule has 0 radical (unpaired) electrons. The molecular weight excluding hydrogens is 462 g/mol. The number of ether oxygens (including phenoxy) is 1. The lowest BCUT2D eigenvalue weighted by atomic mass is 10.2. The van der Waals surface area contributed by atoms with E-state index in [2.05, 4.69) is 37.2 Å². The summed E-state index contributed by atoms with van der Waals surface area (Å²) in [6.07, 6.45) is 1.78. The summed E-state index contributed by atoms with van der Waals surface area (Å²) >= 11 is 13.1. The molecule has 1 amide bonds. The molecular formula is C16H9Br2NO2S2. The van der Waals surface area contributed by atoms with Gasteiger partial charge in [0, 0.05) is 14.5 Å². The number of amides is 1. The van der Waals surface area contributed by atoms with Crippen LogP contribution in [0.2, 0.25) is 0 Å². The van der Waals surface area contributed by atoms with Gasteiger partial charge in [0.15, 0.2) is 0 Å². The zero-order valence-corrected chi connectivity index (χ0v) is 16.3. The van der Waals surface area contributed by atoms with Gasteiger partial charge in [-0.3, -0.25) is 4.79 Å². The van der Waals surface area contributed by atoms with Crippen molar-refractivity contribution in [3.63, 3.8) is 0 Å². The lowest BCUT2D eigenvalue weighted by molar-refractivity contribution is -0.115. The molecule has 0 aromatic heterocycles. The third kappa shape index (κ3) is 4.23. The first-order valence-electron chi connectivity index (χ1n) is 6.49. The van der Waals surface area contributed by atoms with Crippen LogP contribution in [-0.4, -0.2) is 10.2 Å². The molecule has 0 aliphatic carbocycles. The van der Waals surface area contributed by atoms with Crippen LogP contribution in [0.25, 0.3) is 6.08 Å². The van der Waals surface area contributed by atoms with Crippen molar-refractivity contribution < 1.29 is 9.53 Å². The van der Waals surface area contributed by atoms with E-state index in [1.165, 1.54) is 11.8 Å². The van der Waals surface area contributed by atoms with Crippen molar-refractivity contribution in [3.8, 4) is 11.5 Å². The second-order valence-electron chi connectivity index (χ2n) is 4.59. The molecule has 116 valence electrons. The van der Waals surface area contributed by atoms with Crippen molar-refractivity contribution in [1.29, 1.82) is 0 Å². The van der Waals surface area contributed by atoms with Gasteiger partial charge in [0.1, 0.15) is 15.8 Å². The van der Waals surface area contributed by atoms with Gasteiger partial charge in [-0.1, -0.05) is 61.9 Å². The molecule has 0 saturated carbocycles. The zero-order chi connectivity index (χ0) is 16.4. The third-order valence-electron chi connectivity index (χ3n) is 2.92. The molecule has 3 rings (SSSR count). The molecule has 0 unspecified atom stereocenters. The quantitative estimate of drug-likeness (QED) is 0.475.